The monoisotopic (exact) mass is 421 g/mol. The van der Waals surface area contributed by atoms with E-state index in [1.165, 1.54) is 11.8 Å². The quantitative estimate of drug-likeness (QED) is 0.409. The number of amidine groups is 1. The first-order chi connectivity index (χ1) is 14.2. The van der Waals surface area contributed by atoms with Crippen molar-refractivity contribution < 1.29 is 9.53 Å². The Morgan fingerprint density at radius 1 is 1.07 bits per heavy atom. The first-order valence-corrected chi connectivity index (χ1v) is 9.98. The third kappa shape index (κ3) is 4.04. The minimum Gasteiger partial charge on any atom is -0.496 e. The molecule has 1 amide bonds. The van der Waals surface area contributed by atoms with Gasteiger partial charge in [-0.1, -0.05) is 48.0 Å². The molecule has 2 aromatic carbocycles. The van der Waals surface area contributed by atoms with Crippen molar-refractivity contribution in [3.63, 3.8) is 0 Å². The Bertz CT molecular complexity index is 1120. The molecule has 5 nitrogen and oxygen atoms in total. The van der Waals surface area contributed by atoms with E-state index in [0.29, 0.717) is 21.5 Å². The van der Waals surface area contributed by atoms with Gasteiger partial charge in [0, 0.05) is 11.8 Å². The maximum Gasteiger partial charge on any atom is 0.271 e. The van der Waals surface area contributed by atoms with Gasteiger partial charge in [-0.15, -0.1) is 0 Å². The third-order valence-corrected chi connectivity index (χ3v) is 5.46. The highest BCUT2D eigenvalue weighted by Gasteiger charge is 2.35. The van der Waals surface area contributed by atoms with Gasteiger partial charge < -0.3 is 4.74 Å². The molecule has 4 rings (SSSR count). The summed E-state index contributed by atoms with van der Waals surface area (Å²) in [7, 11) is 1.61. The molecule has 0 radical (unpaired) electrons. The molecule has 0 bridgehead atoms. The molecule has 1 aliphatic rings. The normalized spacial score (nSPS) is 16.6. The SMILES string of the molecule is COc1ccccc1/C=C1\SC(=Nc2cccnc2Cl)N(c2ccccc2)C1=O. The van der Waals surface area contributed by atoms with Gasteiger partial charge in [0.05, 0.1) is 17.7 Å². The number of carbonyl (C=O) groups is 1. The number of anilines is 1. The number of carbonyl (C=O) groups excluding carboxylic acids is 1. The van der Waals surface area contributed by atoms with E-state index < -0.39 is 0 Å². The zero-order chi connectivity index (χ0) is 20.2. The fourth-order valence-electron chi connectivity index (χ4n) is 2.84. The number of amides is 1. The van der Waals surface area contributed by atoms with Crippen LogP contribution < -0.4 is 9.64 Å². The molecule has 0 atom stereocenters. The maximum absolute atomic E-state index is 13.3. The minimum absolute atomic E-state index is 0.161. The lowest BCUT2D eigenvalue weighted by Crippen LogP contribution is -2.28. The predicted octanol–water partition coefficient (Wildman–Crippen LogP) is 5.55. The van der Waals surface area contributed by atoms with Gasteiger partial charge in [-0.05, 0) is 48.2 Å². The van der Waals surface area contributed by atoms with Crippen molar-refractivity contribution in [3.8, 4) is 5.75 Å². The molecule has 0 spiro atoms. The average Bonchev–Trinajstić information content (AvgIpc) is 3.05. The van der Waals surface area contributed by atoms with Crippen LogP contribution >= 0.6 is 23.4 Å². The van der Waals surface area contributed by atoms with E-state index in [0.717, 1.165) is 11.3 Å². The van der Waals surface area contributed by atoms with Gasteiger partial charge in [0.2, 0.25) is 0 Å². The summed E-state index contributed by atoms with van der Waals surface area (Å²) >= 11 is 7.46. The number of pyridine rings is 1. The first kappa shape index (κ1) is 19.2. The Labute approximate surface area is 177 Å². The summed E-state index contributed by atoms with van der Waals surface area (Å²) in [6.45, 7) is 0. The number of ether oxygens (including phenoxy) is 1. The number of hydrogen-bond donors (Lipinski definition) is 0. The Hall–Kier alpha value is -3.09. The molecule has 144 valence electrons. The summed E-state index contributed by atoms with van der Waals surface area (Å²) in [5, 5.41) is 0.792. The number of thioether (sulfide) groups is 1. The van der Waals surface area contributed by atoms with Gasteiger partial charge >= 0.3 is 0 Å². The molecule has 0 unspecified atom stereocenters. The smallest absolute Gasteiger partial charge is 0.271 e. The van der Waals surface area contributed by atoms with E-state index >= 15 is 0 Å². The number of aliphatic imine (C=N–C) groups is 1. The topological polar surface area (TPSA) is 54.8 Å². The van der Waals surface area contributed by atoms with Crippen LogP contribution in [0.2, 0.25) is 5.15 Å². The van der Waals surface area contributed by atoms with Crippen LogP contribution in [0, 0.1) is 0 Å². The summed E-state index contributed by atoms with van der Waals surface area (Å²) in [6, 6.07) is 20.5. The van der Waals surface area contributed by atoms with Gasteiger partial charge in [-0.25, -0.2) is 9.98 Å². The van der Waals surface area contributed by atoms with E-state index in [9.17, 15) is 4.79 Å². The second-order valence-corrected chi connectivity index (χ2v) is 7.40. The predicted molar refractivity (Wildman–Crippen MR) is 119 cm³/mol. The number of para-hydroxylation sites is 2. The number of hydrogen-bond acceptors (Lipinski definition) is 5. The van der Waals surface area contributed by atoms with Gasteiger partial charge in [0.25, 0.3) is 5.91 Å². The van der Waals surface area contributed by atoms with Crippen LogP contribution in [0.5, 0.6) is 5.75 Å². The molecule has 1 aromatic heterocycles. The van der Waals surface area contributed by atoms with E-state index in [-0.39, 0.29) is 11.1 Å². The van der Waals surface area contributed by atoms with Crippen molar-refractivity contribution in [2.75, 3.05) is 12.0 Å². The summed E-state index contributed by atoms with van der Waals surface area (Å²) < 4.78 is 5.41. The minimum atomic E-state index is -0.161. The van der Waals surface area contributed by atoms with E-state index in [1.54, 1.807) is 30.3 Å². The van der Waals surface area contributed by atoms with E-state index in [4.69, 9.17) is 16.3 Å². The Morgan fingerprint density at radius 3 is 2.59 bits per heavy atom. The van der Waals surface area contributed by atoms with Crippen molar-refractivity contribution in [1.82, 2.24) is 4.98 Å². The number of aromatic nitrogens is 1. The Kier molecular flexibility index (Phi) is 5.64. The highest BCUT2D eigenvalue weighted by molar-refractivity contribution is 8.19. The third-order valence-electron chi connectivity index (χ3n) is 4.20. The van der Waals surface area contributed by atoms with Crippen molar-refractivity contribution in [3.05, 3.63) is 88.5 Å². The van der Waals surface area contributed by atoms with Gasteiger partial charge in [-0.2, -0.15) is 0 Å². The lowest BCUT2D eigenvalue weighted by atomic mass is 10.2. The Morgan fingerprint density at radius 2 is 1.83 bits per heavy atom. The van der Waals surface area contributed by atoms with Crippen molar-refractivity contribution in [1.29, 1.82) is 0 Å². The second-order valence-electron chi connectivity index (χ2n) is 6.04. The fourth-order valence-corrected chi connectivity index (χ4v) is 3.99. The van der Waals surface area contributed by atoms with Gasteiger partial charge in [0.1, 0.15) is 11.4 Å². The number of benzene rings is 2. The zero-order valence-electron chi connectivity index (χ0n) is 15.4. The van der Waals surface area contributed by atoms with Crippen LogP contribution in [0.15, 0.2) is 82.8 Å². The number of halogens is 1. The molecule has 1 saturated heterocycles. The van der Waals surface area contributed by atoms with E-state index in [1.807, 2.05) is 60.7 Å². The number of rotatable bonds is 4. The molecule has 1 fully saturated rings. The molecule has 0 saturated carbocycles. The summed E-state index contributed by atoms with van der Waals surface area (Å²) in [5.74, 6) is 0.534. The molecule has 2 heterocycles. The highest BCUT2D eigenvalue weighted by atomic mass is 35.5. The van der Waals surface area contributed by atoms with Crippen LogP contribution in [0.25, 0.3) is 6.08 Å². The van der Waals surface area contributed by atoms with Crippen molar-refractivity contribution in [2.45, 2.75) is 0 Å². The summed E-state index contributed by atoms with van der Waals surface area (Å²) in [4.78, 5) is 24.1. The number of methoxy groups -OCH3 is 1. The van der Waals surface area contributed by atoms with E-state index in [2.05, 4.69) is 9.98 Å². The van der Waals surface area contributed by atoms with Gasteiger partial charge in [0.15, 0.2) is 10.3 Å². The molecule has 7 heteroatoms. The van der Waals surface area contributed by atoms with Crippen LogP contribution in [-0.2, 0) is 4.79 Å². The molecule has 29 heavy (non-hydrogen) atoms. The standard InChI is InChI=1S/C22H16ClN3O2S/c1-28-18-12-6-5-8-15(18)14-19-21(27)26(16-9-3-2-4-10-16)22(29-19)25-17-11-7-13-24-20(17)23/h2-14H,1H3/b19-14-,25-22?. The molecular weight excluding hydrogens is 406 g/mol. The maximum atomic E-state index is 13.3. The van der Waals surface area contributed by atoms with Crippen LogP contribution in [0.3, 0.4) is 0 Å². The lowest BCUT2D eigenvalue weighted by Gasteiger charge is -2.15. The largest absolute Gasteiger partial charge is 0.496 e. The highest BCUT2D eigenvalue weighted by Crippen LogP contribution is 2.38. The van der Waals surface area contributed by atoms with Gasteiger partial charge in [-0.3, -0.25) is 9.69 Å². The molecule has 0 N–H and O–H groups in total. The Balaban J connectivity index is 1.80. The lowest BCUT2D eigenvalue weighted by molar-refractivity contribution is -0.113. The molecule has 0 aliphatic carbocycles. The molecule has 1 aliphatic heterocycles. The molecule has 3 aromatic rings. The van der Waals surface area contributed by atoms with Crippen LogP contribution in [0.4, 0.5) is 11.4 Å². The van der Waals surface area contributed by atoms with Crippen molar-refractivity contribution in [2.24, 2.45) is 4.99 Å². The first-order valence-electron chi connectivity index (χ1n) is 8.78. The van der Waals surface area contributed by atoms with Crippen LogP contribution in [-0.4, -0.2) is 23.2 Å². The fraction of sp³-hybridized carbons (Fsp3) is 0.0455. The summed E-state index contributed by atoms with van der Waals surface area (Å²) in [5.41, 5.74) is 2.05. The van der Waals surface area contributed by atoms with Crippen molar-refractivity contribution >= 4 is 51.9 Å². The molecular formula is C22H16ClN3O2S. The summed E-state index contributed by atoms with van der Waals surface area (Å²) in [6.07, 6.45) is 3.41. The van der Waals surface area contributed by atoms with Crippen LogP contribution in [0.1, 0.15) is 5.56 Å². The average molecular weight is 422 g/mol. The zero-order valence-corrected chi connectivity index (χ0v) is 17.0. The number of nitrogens with zero attached hydrogens (tertiary/aromatic N) is 3. The second kappa shape index (κ2) is 8.51.